The van der Waals surface area contributed by atoms with Crippen LogP contribution in [0.4, 0.5) is 0 Å². The van der Waals surface area contributed by atoms with Gasteiger partial charge in [-0.25, -0.2) is 13.1 Å². The molecular formula is C14H20N2O3S. The van der Waals surface area contributed by atoms with Crippen molar-refractivity contribution in [3.05, 3.63) is 35.9 Å². The molecule has 0 aliphatic carbocycles. The Bertz CT molecular complexity index is 543. The number of aryl methyl sites for hydroxylation is 1. The summed E-state index contributed by atoms with van der Waals surface area (Å²) in [6.45, 7) is 0.291. The van der Waals surface area contributed by atoms with Gasteiger partial charge in [0.2, 0.25) is 15.9 Å². The van der Waals surface area contributed by atoms with Crippen LogP contribution < -0.4 is 10.0 Å². The summed E-state index contributed by atoms with van der Waals surface area (Å²) in [5.41, 5.74) is 1.14. The van der Waals surface area contributed by atoms with Gasteiger partial charge in [0, 0.05) is 19.0 Å². The predicted octanol–water partition coefficient (Wildman–Crippen LogP) is 0.817. The van der Waals surface area contributed by atoms with Crippen LogP contribution in [0.3, 0.4) is 0 Å². The van der Waals surface area contributed by atoms with Gasteiger partial charge >= 0.3 is 0 Å². The largest absolute Gasteiger partial charge is 0.352 e. The average Bonchev–Trinajstić information content (AvgIpc) is 2.84. The van der Waals surface area contributed by atoms with E-state index in [0.717, 1.165) is 12.0 Å². The molecule has 1 fully saturated rings. The Morgan fingerprint density at radius 2 is 2.00 bits per heavy atom. The fourth-order valence-electron chi connectivity index (χ4n) is 2.24. The van der Waals surface area contributed by atoms with E-state index in [4.69, 9.17) is 0 Å². The Kier molecular flexibility index (Phi) is 5.14. The predicted molar refractivity (Wildman–Crippen MR) is 77.7 cm³/mol. The molecule has 0 aromatic heterocycles. The number of benzene rings is 1. The van der Waals surface area contributed by atoms with Crippen LogP contribution in [0.15, 0.2) is 30.3 Å². The van der Waals surface area contributed by atoms with Gasteiger partial charge in [-0.05, 0) is 24.8 Å². The molecule has 1 aliphatic rings. The summed E-state index contributed by atoms with van der Waals surface area (Å²) in [5, 5.41) is 2.74. The molecule has 20 heavy (non-hydrogen) atoms. The van der Waals surface area contributed by atoms with E-state index in [1.54, 1.807) is 0 Å². The molecule has 2 rings (SSSR count). The summed E-state index contributed by atoms with van der Waals surface area (Å²) < 4.78 is 26.2. The quantitative estimate of drug-likeness (QED) is 0.782. The summed E-state index contributed by atoms with van der Waals surface area (Å²) in [5.74, 6) is 0.112. The first-order valence-electron chi connectivity index (χ1n) is 6.86. The molecule has 1 heterocycles. The number of hydrogen-bond acceptors (Lipinski definition) is 3. The highest BCUT2D eigenvalue weighted by molar-refractivity contribution is 7.89. The first-order valence-corrected chi connectivity index (χ1v) is 8.51. The van der Waals surface area contributed by atoms with Gasteiger partial charge in [0.05, 0.1) is 5.75 Å². The molecule has 1 aromatic carbocycles. The number of sulfonamides is 1. The summed E-state index contributed by atoms with van der Waals surface area (Å²) in [7, 11) is -3.26. The highest BCUT2D eigenvalue weighted by Crippen LogP contribution is 2.06. The van der Waals surface area contributed by atoms with Crippen molar-refractivity contribution < 1.29 is 13.2 Å². The minimum Gasteiger partial charge on any atom is -0.352 e. The van der Waals surface area contributed by atoms with Gasteiger partial charge in [-0.2, -0.15) is 0 Å². The van der Waals surface area contributed by atoms with Crippen LogP contribution in [0, 0.1) is 0 Å². The van der Waals surface area contributed by atoms with E-state index in [-0.39, 0.29) is 17.7 Å². The third-order valence-corrected chi connectivity index (χ3v) is 4.79. The van der Waals surface area contributed by atoms with E-state index < -0.39 is 10.0 Å². The van der Waals surface area contributed by atoms with E-state index in [9.17, 15) is 13.2 Å². The van der Waals surface area contributed by atoms with Gasteiger partial charge in [-0.1, -0.05) is 30.3 Å². The molecule has 1 saturated heterocycles. The van der Waals surface area contributed by atoms with Crippen molar-refractivity contribution in [3.8, 4) is 0 Å². The van der Waals surface area contributed by atoms with Crippen molar-refractivity contribution >= 4 is 15.9 Å². The number of amides is 1. The third-order valence-electron chi connectivity index (χ3n) is 3.36. The SMILES string of the molecule is O=C1CCC(CNS(=O)(=O)CCCc2ccccc2)N1. The average molecular weight is 296 g/mol. The number of nitrogens with one attached hydrogen (secondary N) is 2. The van der Waals surface area contributed by atoms with Gasteiger partial charge < -0.3 is 5.32 Å². The van der Waals surface area contributed by atoms with E-state index in [2.05, 4.69) is 10.0 Å². The Hall–Kier alpha value is -1.40. The zero-order valence-corrected chi connectivity index (χ0v) is 12.2. The number of carbonyl (C=O) groups is 1. The van der Waals surface area contributed by atoms with Gasteiger partial charge in [0.15, 0.2) is 0 Å². The second kappa shape index (κ2) is 6.85. The van der Waals surface area contributed by atoms with Crippen LogP contribution in [0.25, 0.3) is 0 Å². The van der Waals surface area contributed by atoms with E-state index in [0.29, 0.717) is 25.8 Å². The monoisotopic (exact) mass is 296 g/mol. The lowest BCUT2D eigenvalue weighted by molar-refractivity contribution is -0.119. The molecule has 1 atom stereocenters. The highest BCUT2D eigenvalue weighted by Gasteiger charge is 2.22. The normalized spacial score (nSPS) is 19.0. The molecule has 0 saturated carbocycles. The first-order chi connectivity index (χ1) is 9.55. The maximum atomic E-state index is 11.8. The Balaban J connectivity index is 1.70. The van der Waals surface area contributed by atoms with Crippen molar-refractivity contribution in [2.75, 3.05) is 12.3 Å². The van der Waals surface area contributed by atoms with E-state index in [1.807, 2.05) is 30.3 Å². The van der Waals surface area contributed by atoms with Crippen molar-refractivity contribution in [2.45, 2.75) is 31.7 Å². The van der Waals surface area contributed by atoms with Crippen LogP contribution in [0.2, 0.25) is 0 Å². The summed E-state index contributed by atoms with van der Waals surface area (Å²) in [4.78, 5) is 11.0. The van der Waals surface area contributed by atoms with Crippen molar-refractivity contribution in [2.24, 2.45) is 0 Å². The van der Waals surface area contributed by atoms with E-state index >= 15 is 0 Å². The van der Waals surface area contributed by atoms with Gasteiger partial charge in [0.1, 0.15) is 0 Å². The second-order valence-corrected chi connectivity index (χ2v) is 6.99. The van der Waals surface area contributed by atoms with Crippen LogP contribution in [-0.2, 0) is 21.2 Å². The molecule has 1 aliphatic heterocycles. The molecular weight excluding hydrogens is 276 g/mol. The number of carbonyl (C=O) groups excluding carboxylic acids is 1. The molecule has 110 valence electrons. The van der Waals surface area contributed by atoms with E-state index in [1.165, 1.54) is 0 Å². The molecule has 0 radical (unpaired) electrons. The van der Waals surface area contributed by atoms with Gasteiger partial charge in [-0.15, -0.1) is 0 Å². The zero-order chi connectivity index (χ0) is 14.4. The lowest BCUT2D eigenvalue weighted by Gasteiger charge is -2.11. The Morgan fingerprint density at radius 3 is 2.65 bits per heavy atom. The zero-order valence-electron chi connectivity index (χ0n) is 11.3. The minimum absolute atomic E-state index is 0.00160. The minimum atomic E-state index is -3.26. The Labute approximate surface area is 119 Å². The number of rotatable bonds is 7. The topological polar surface area (TPSA) is 75.3 Å². The molecule has 0 bridgehead atoms. The maximum Gasteiger partial charge on any atom is 0.220 e. The lowest BCUT2D eigenvalue weighted by Crippen LogP contribution is -2.39. The van der Waals surface area contributed by atoms with Crippen LogP contribution in [0.5, 0.6) is 0 Å². The number of hydrogen-bond donors (Lipinski definition) is 2. The third kappa shape index (κ3) is 4.94. The fourth-order valence-corrected chi connectivity index (χ4v) is 3.36. The molecule has 6 heteroatoms. The fraction of sp³-hybridized carbons (Fsp3) is 0.500. The van der Waals surface area contributed by atoms with Gasteiger partial charge in [-0.3, -0.25) is 4.79 Å². The molecule has 1 unspecified atom stereocenters. The molecule has 1 aromatic rings. The highest BCUT2D eigenvalue weighted by atomic mass is 32.2. The molecule has 2 N–H and O–H groups in total. The van der Waals surface area contributed by atoms with Gasteiger partial charge in [0.25, 0.3) is 0 Å². The van der Waals surface area contributed by atoms with Crippen molar-refractivity contribution in [3.63, 3.8) is 0 Å². The summed E-state index contributed by atoms with van der Waals surface area (Å²) >= 11 is 0. The standard InChI is InChI=1S/C14H20N2O3S/c17-14-9-8-13(16-14)11-15-20(18,19)10-4-7-12-5-2-1-3-6-12/h1-3,5-6,13,15H,4,7-11H2,(H,16,17). The van der Waals surface area contributed by atoms with Crippen LogP contribution in [-0.4, -0.2) is 32.7 Å². The van der Waals surface area contributed by atoms with Crippen LogP contribution in [0.1, 0.15) is 24.8 Å². The second-order valence-electron chi connectivity index (χ2n) is 5.06. The summed E-state index contributed by atoms with van der Waals surface area (Å²) in [6.07, 6.45) is 2.53. The maximum absolute atomic E-state index is 11.8. The lowest BCUT2D eigenvalue weighted by atomic mass is 10.1. The Morgan fingerprint density at radius 1 is 1.25 bits per heavy atom. The molecule has 1 amide bonds. The first kappa shape index (κ1) is 15.0. The summed E-state index contributed by atoms with van der Waals surface area (Å²) in [6, 6.07) is 9.77. The molecule has 0 spiro atoms. The van der Waals surface area contributed by atoms with Crippen LogP contribution >= 0.6 is 0 Å². The molecule has 5 nitrogen and oxygen atoms in total. The van der Waals surface area contributed by atoms with Crippen molar-refractivity contribution in [1.29, 1.82) is 0 Å². The van der Waals surface area contributed by atoms with Crippen molar-refractivity contribution in [1.82, 2.24) is 10.0 Å². The smallest absolute Gasteiger partial charge is 0.220 e.